The van der Waals surface area contributed by atoms with Crippen molar-refractivity contribution in [2.24, 2.45) is 0 Å². The number of phenols is 1. The lowest BCUT2D eigenvalue weighted by Crippen LogP contribution is -1.96. The van der Waals surface area contributed by atoms with Crippen LogP contribution in [0.4, 0.5) is 11.5 Å². The van der Waals surface area contributed by atoms with E-state index in [-0.39, 0.29) is 5.75 Å². The van der Waals surface area contributed by atoms with Gasteiger partial charge in [-0.25, -0.2) is 4.98 Å². The van der Waals surface area contributed by atoms with E-state index in [1.807, 2.05) is 65.2 Å². The highest BCUT2D eigenvalue weighted by Crippen LogP contribution is 2.32. The van der Waals surface area contributed by atoms with Crippen LogP contribution in [0, 0.1) is 0 Å². The van der Waals surface area contributed by atoms with Crippen molar-refractivity contribution < 1.29 is 5.11 Å². The SMILES string of the molecule is Oc1ccc(-c2nc3ccc(Cl)cn3c2Nc2ccccc2)cc1. The molecule has 4 rings (SSSR count). The molecular formula is C19H14ClN3O. The number of imidazole rings is 1. The molecule has 5 heteroatoms. The van der Waals surface area contributed by atoms with Gasteiger partial charge in [-0.3, -0.25) is 4.40 Å². The summed E-state index contributed by atoms with van der Waals surface area (Å²) < 4.78 is 1.93. The van der Waals surface area contributed by atoms with E-state index < -0.39 is 0 Å². The van der Waals surface area contributed by atoms with Gasteiger partial charge >= 0.3 is 0 Å². The van der Waals surface area contributed by atoms with Crippen LogP contribution in [0.15, 0.2) is 72.9 Å². The number of aromatic hydroxyl groups is 1. The van der Waals surface area contributed by atoms with E-state index >= 15 is 0 Å². The molecule has 0 atom stereocenters. The summed E-state index contributed by atoms with van der Waals surface area (Å²) >= 11 is 6.16. The number of anilines is 2. The molecule has 0 amide bonds. The number of nitrogens with zero attached hydrogens (tertiary/aromatic N) is 2. The Morgan fingerprint density at radius 3 is 2.42 bits per heavy atom. The van der Waals surface area contributed by atoms with E-state index in [0.29, 0.717) is 5.02 Å². The van der Waals surface area contributed by atoms with Crippen LogP contribution in [0.5, 0.6) is 5.75 Å². The van der Waals surface area contributed by atoms with Crippen LogP contribution < -0.4 is 5.32 Å². The van der Waals surface area contributed by atoms with E-state index in [4.69, 9.17) is 16.6 Å². The van der Waals surface area contributed by atoms with Crippen LogP contribution in [0.25, 0.3) is 16.9 Å². The van der Waals surface area contributed by atoms with Gasteiger partial charge in [0.05, 0.1) is 5.02 Å². The minimum absolute atomic E-state index is 0.225. The van der Waals surface area contributed by atoms with Crippen LogP contribution in [-0.4, -0.2) is 14.5 Å². The van der Waals surface area contributed by atoms with Crippen LogP contribution in [0.2, 0.25) is 5.02 Å². The highest BCUT2D eigenvalue weighted by Gasteiger charge is 2.14. The Morgan fingerprint density at radius 2 is 1.67 bits per heavy atom. The molecule has 0 saturated carbocycles. The van der Waals surface area contributed by atoms with Crippen LogP contribution >= 0.6 is 11.6 Å². The van der Waals surface area contributed by atoms with Crippen molar-refractivity contribution in [3.8, 4) is 17.0 Å². The van der Waals surface area contributed by atoms with E-state index in [9.17, 15) is 5.11 Å². The minimum Gasteiger partial charge on any atom is -0.508 e. The van der Waals surface area contributed by atoms with Crippen LogP contribution in [-0.2, 0) is 0 Å². The number of para-hydroxylation sites is 1. The van der Waals surface area contributed by atoms with Crippen molar-refractivity contribution in [3.63, 3.8) is 0 Å². The Bertz CT molecular complexity index is 994. The van der Waals surface area contributed by atoms with Gasteiger partial charge in [-0.15, -0.1) is 0 Å². The number of phenolic OH excluding ortho intramolecular Hbond substituents is 1. The van der Waals surface area contributed by atoms with Crippen molar-refractivity contribution in [3.05, 3.63) is 77.9 Å². The summed E-state index contributed by atoms with van der Waals surface area (Å²) in [5.41, 5.74) is 3.45. The number of hydrogen-bond acceptors (Lipinski definition) is 3. The highest BCUT2D eigenvalue weighted by atomic mass is 35.5. The lowest BCUT2D eigenvalue weighted by molar-refractivity contribution is 0.475. The average molecular weight is 336 g/mol. The summed E-state index contributed by atoms with van der Waals surface area (Å²) in [6, 6.07) is 20.6. The van der Waals surface area contributed by atoms with Gasteiger partial charge in [-0.05, 0) is 48.5 Å². The fourth-order valence-electron chi connectivity index (χ4n) is 2.62. The first-order valence-corrected chi connectivity index (χ1v) is 7.87. The van der Waals surface area contributed by atoms with Gasteiger partial charge in [0.15, 0.2) is 0 Å². The molecule has 4 aromatic rings. The molecule has 0 radical (unpaired) electrons. The monoisotopic (exact) mass is 335 g/mol. The third-order valence-corrected chi connectivity index (χ3v) is 3.98. The predicted molar refractivity (Wildman–Crippen MR) is 97.0 cm³/mol. The van der Waals surface area contributed by atoms with E-state index in [0.717, 1.165) is 28.4 Å². The topological polar surface area (TPSA) is 49.6 Å². The predicted octanol–water partition coefficient (Wildman–Crippen LogP) is 5.10. The van der Waals surface area contributed by atoms with Gasteiger partial charge in [-0.1, -0.05) is 29.8 Å². The Morgan fingerprint density at radius 1 is 0.917 bits per heavy atom. The fraction of sp³-hybridized carbons (Fsp3) is 0. The number of pyridine rings is 1. The summed E-state index contributed by atoms with van der Waals surface area (Å²) in [5.74, 6) is 1.05. The second-order valence-corrected chi connectivity index (χ2v) is 5.86. The Balaban J connectivity index is 1.91. The Kier molecular flexibility index (Phi) is 3.59. The van der Waals surface area contributed by atoms with E-state index in [1.165, 1.54) is 0 Å². The third kappa shape index (κ3) is 2.68. The number of hydrogen-bond donors (Lipinski definition) is 2. The molecule has 0 aliphatic carbocycles. The van der Waals surface area contributed by atoms with E-state index in [2.05, 4.69) is 5.32 Å². The number of rotatable bonds is 3. The zero-order valence-corrected chi connectivity index (χ0v) is 13.4. The third-order valence-electron chi connectivity index (χ3n) is 3.76. The molecule has 0 aliphatic heterocycles. The molecule has 24 heavy (non-hydrogen) atoms. The maximum absolute atomic E-state index is 9.53. The molecule has 2 aromatic heterocycles. The number of aromatic nitrogens is 2. The second-order valence-electron chi connectivity index (χ2n) is 5.42. The minimum atomic E-state index is 0.225. The lowest BCUT2D eigenvalue weighted by atomic mass is 10.1. The summed E-state index contributed by atoms with van der Waals surface area (Å²) in [6.07, 6.45) is 1.83. The van der Waals surface area contributed by atoms with Crippen molar-refractivity contribution in [2.45, 2.75) is 0 Å². The maximum Gasteiger partial charge on any atom is 0.143 e. The molecule has 118 valence electrons. The van der Waals surface area contributed by atoms with E-state index in [1.54, 1.807) is 12.1 Å². The molecule has 0 unspecified atom stereocenters. The zero-order valence-electron chi connectivity index (χ0n) is 12.6. The highest BCUT2D eigenvalue weighted by molar-refractivity contribution is 6.30. The summed E-state index contributed by atoms with van der Waals surface area (Å²) in [4.78, 5) is 4.71. The number of halogens is 1. The van der Waals surface area contributed by atoms with Gasteiger partial charge in [0.2, 0.25) is 0 Å². The average Bonchev–Trinajstić information content (AvgIpc) is 2.94. The van der Waals surface area contributed by atoms with Gasteiger partial charge in [0.25, 0.3) is 0 Å². The molecule has 2 aromatic carbocycles. The van der Waals surface area contributed by atoms with Crippen molar-refractivity contribution in [1.82, 2.24) is 9.38 Å². The number of fused-ring (bicyclic) bond motifs is 1. The molecule has 2 N–H and O–H groups in total. The van der Waals surface area contributed by atoms with Crippen LogP contribution in [0.3, 0.4) is 0 Å². The van der Waals surface area contributed by atoms with Gasteiger partial charge < -0.3 is 10.4 Å². The molecule has 4 nitrogen and oxygen atoms in total. The standard InChI is InChI=1S/C19H14ClN3O/c20-14-8-11-17-22-18(13-6-9-16(24)10-7-13)19(23(17)12-14)21-15-4-2-1-3-5-15/h1-12,21,24H. The summed E-state index contributed by atoms with van der Waals surface area (Å²) in [7, 11) is 0. The molecule has 0 saturated heterocycles. The van der Waals surface area contributed by atoms with Gasteiger partial charge in [-0.2, -0.15) is 0 Å². The number of nitrogens with one attached hydrogen (secondary N) is 1. The van der Waals surface area contributed by atoms with Crippen molar-refractivity contribution in [1.29, 1.82) is 0 Å². The first-order valence-electron chi connectivity index (χ1n) is 7.50. The number of benzene rings is 2. The van der Waals surface area contributed by atoms with Gasteiger partial charge in [0, 0.05) is 17.4 Å². The summed E-state index contributed by atoms with van der Waals surface area (Å²) in [6.45, 7) is 0. The fourth-order valence-corrected chi connectivity index (χ4v) is 2.78. The molecule has 2 heterocycles. The normalized spacial score (nSPS) is 10.9. The smallest absolute Gasteiger partial charge is 0.143 e. The zero-order chi connectivity index (χ0) is 16.5. The van der Waals surface area contributed by atoms with Crippen molar-refractivity contribution >= 4 is 28.8 Å². The van der Waals surface area contributed by atoms with Crippen molar-refractivity contribution in [2.75, 3.05) is 5.32 Å². The summed E-state index contributed by atoms with van der Waals surface area (Å²) in [5, 5.41) is 13.6. The molecule has 0 aliphatic rings. The van der Waals surface area contributed by atoms with Crippen LogP contribution in [0.1, 0.15) is 0 Å². The second kappa shape index (κ2) is 5.91. The Hall–Kier alpha value is -2.98. The van der Waals surface area contributed by atoms with Gasteiger partial charge in [0.1, 0.15) is 22.9 Å². The lowest BCUT2D eigenvalue weighted by Gasteiger charge is -2.09. The first kappa shape index (κ1) is 14.6. The quantitative estimate of drug-likeness (QED) is 0.547. The molecular weight excluding hydrogens is 322 g/mol. The first-order chi connectivity index (χ1) is 11.7. The maximum atomic E-state index is 9.53. The molecule has 0 bridgehead atoms. The Labute approximate surface area is 144 Å². The largest absolute Gasteiger partial charge is 0.508 e. The molecule has 0 spiro atoms. The molecule has 0 fully saturated rings.